The highest BCUT2D eigenvalue weighted by Gasteiger charge is 2.46. The number of carboxylic acids is 1. The van der Waals surface area contributed by atoms with Crippen molar-refractivity contribution in [1.29, 1.82) is 0 Å². The standard InChI is InChI=1S/C22H44O2.C6H6Cl6/c1-2-3-4-5-6-7-8-9-10-11-12-13-14-15-16-17-18-19-20-21-22(23)24;7-1-2(8)4(10)6(12)5(11)3(1)9/h2-21H2,1H3,(H,23,24);1-6H/t;1-,2-,3-,4+,5+,6+. The topological polar surface area (TPSA) is 37.3 Å². The van der Waals surface area contributed by atoms with Gasteiger partial charge >= 0.3 is 5.97 Å². The molecule has 1 fully saturated rings. The molecule has 0 aromatic heterocycles. The summed E-state index contributed by atoms with van der Waals surface area (Å²) in [6, 6.07) is 0. The van der Waals surface area contributed by atoms with Gasteiger partial charge in [0.25, 0.3) is 0 Å². The third kappa shape index (κ3) is 19.3. The molecule has 1 aliphatic rings. The Kier molecular flexibility index (Phi) is 26.0. The molecular weight excluding hydrogens is 581 g/mol. The van der Waals surface area contributed by atoms with Crippen LogP contribution in [-0.4, -0.2) is 43.3 Å². The first-order chi connectivity index (χ1) is 17.2. The molecule has 0 aliphatic heterocycles. The third-order valence-electron chi connectivity index (χ3n) is 6.82. The fourth-order valence-corrected chi connectivity index (χ4v) is 6.74. The van der Waals surface area contributed by atoms with Gasteiger partial charge in [0.05, 0.1) is 32.3 Å². The van der Waals surface area contributed by atoms with Crippen LogP contribution in [0.3, 0.4) is 0 Å². The van der Waals surface area contributed by atoms with Crippen molar-refractivity contribution >= 4 is 75.6 Å². The maximum atomic E-state index is 10.4. The highest BCUT2D eigenvalue weighted by atomic mass is 35.5. The van der Waals surface area contributed by atoms with E-state index in [-0.39, 0.29) is 0 Å². The van der Waals surface area contributed by atoms with Crippen LogP contribution in [0.5, 0.6) is 0 Å². The summed E-state index contributed by atoms with van der Waals surface area (Å²) >= 11 is 35.3. The van der Waals surface area contributed by atoms with Gasteiger partial charge in [0.1, 0.15) is 0 Å². The Balaban J connectivity index is 0.000000846. The van der Waals surface area contributed by atoms with Crippen LogP contribution in [0.15, 0.2) is 0 Å². The predicted octanol–water partition coefficient (Wildman–Crippen LogP) is 11.5. The number of halogens is 6. The molecule has 0 heterocycles. The predicted molar refractivity (Wildman–Crippen MR) is 163 cm³/mol. The van der Waals surface area contributed by atoms with E-state index in [9.17, 15) is 4.79 Å². The average Bonchev–Trinajstić information content (AvgIpc) is 2.86. The molecule has 1 N–H and O–H groups in total. The zero-order valence-corrected chi connectivity index (χ0v) is 26.8. The van der Waals surface area contributed by atoms with Gasteiger partial charge in [-0.15, -0.1) is 69.6 Å². The van der Waals surface area contributed by atoms with Gasteiger partial charge in [-0.1, -0.05) is 122 Å². The Morgan fingerprint density at radius 1 is 0.444 bits per heavy atom. The third-order valence-corrected chi connectivity index (χ3v) is 10.9. The van der Waals surface area contributed by atoms with Crippen molar-refractivity contribution in [2.45, 2.75) is 168 Å². The Morgan fingerprint density at radius 3 is 0.833 bits per heavy atom. The number of carboxylic acid groups (broad SMARTS) is 1. The number of hydrogen-bond donors (Lipinski definition) is 1. The summed E-state index contributed by atoms with van der Waals surface area (Å²) < 4.78 is 0. The summed E-state index contributed by atoms with van der Waals surface area (Å²) in [5, 5.41) is 5.94. The van der Waals surface area contributed by atoms with Crippen LogP contribution in [0.1, 0.15) is 135 Å². The fourth-order valence-electron chi connectivity index (χ4n) is 4.41. The van der Waals surface area contributed by atoms with Crippen molar-refractivity contribution < 1.29 is 9.90 Å². The maximum absolute atomic E-state index is 10.4. The highest BCUT2D eigenvalue weighted by molar-refractivity contribution is 6.45. The number of carbonyl (C=O) groups is 1. The van der Waals surface area contributed by atoms with Crippen LogP contribution in [0, 0.1) is 0 Å². The van der Waals surface area contributed by atoms with Crippen molar-refractivity contribution in [2.24, 2.45) is 0 Å². The first kappa shape index (κ1) is 37.2. The molecule has 0 saturated heterocycles. The Bertz CT molecular complexity index is 452. The van der Waals surface area contributed by atoms with E-state index in [2.05, 4.69) is 6.92 Å². The second-order valence-electron chi connectivity index (χ2n) is 10.2. The molecule has 0 unspecified atom stereocenters. The highest BCUT2D eigenvalue weighted by Crippen LogP contribution is 2.39. The summed E-state index contributed by atoms with van der Waals surface area (Å²) in [5.41, 5.74) is 0. The van der Waals surface area contributed by atoms with Crippen molar-refractivity contribution in [1.82, 2.24) is 0 Å². The minimum atomic E-state index is -0.651. The first-order valence-electron chi connectivity index (χ1n) is 14.3. The lowest BCUT2D eigenvalue weighted by atomic mass is 9.97. The summed E-state index contributed by atoms with van der Waals surface area (Å²) in [6.07, 6.45) is 26.1. The van der Waals surface area contributed by atoms with Crippen molar-refractivity contribution in [3.8, 4) is 0 Å². The minimum absolute atomic E-state index is 0.346. The van der Waals surface area contributed by atoms with Gasteiger partial charge in [-0.25, -0.2) is 0 Å². The van der Waals surface area contributed by atoms with Crippen LogP contribution in [0.25, 0.3) is 0 Å². The van der Waals surface area contributed by atoms with Gasteiger partial charge in [-0.2, -0.15) is 0 Å². The molecule has 0 aromatic carbocycles. The van der Waals surface area contributed by atoms with E-state index in [1.165, 1.54) is 109 Å². The number of rotatable bonds is 20. The number of aliphatic carboxylic acids is 1. The van der Waals surface area contributed by atoms with Crippen molar-refractivity contribution in [3.63, 3.8) is 0 Å². The van der Waals surface area contributed by atoms with Crippen molar-refractivity contribution in [3.05, 3.63) is 0 Å². The second kappa shape index (κ2) is 25.2. The lowest BCUT2D eigenvalue weighted by Crippen LogP contribution is -2.52. The van der Waals surface area contributed by atoms with Crippen LogP contribution in [0.2, 0.25) is 0 Å². The van der Waals surface area contributed by atoms with Crippen LogP contribution >= 0.6 is 69.6 Å². The normalized spacial score (nSPS) is 25.9. The molecule has 0 bridgehead atoms. The van der Waals surface area contributed by atoms with E-state index in [4.69, 9.17) is 74.7 Å². The zero-order valence-electron chi connectivity index (χ0n) is 22.2. The molecule has 36 heavy (non-hydrogen) atoms. The van der Waals surface area contributed by atoms with Crippen molar-refractivity contribution in [2.75, 3.05) is 0 Å². The largest absolute Gasteiger partial charge is 0.481 e. The van der Waals surface area contributed by atoms with Gasteiger partial charge in [-0.3, -0.25) is 4.79 Å². The quantitative estimate of drug-likeness (QED) is 0.107. The average molecular weight is 631 g/mol. The molecule has 0 atom stereocenters. The number of alkyl halides is 6. The van der Waals surface area contributed by atoms with E-state index >= 15 is 0 Å². The molecule has 1 aliphatic carbocycles. The van der Waals surface area contributed by atoms with Crippen LogP contribution < -0.4 is 0 Å². The molecule has 0 radical (unpaired) electrons. The van der Waals surface area contributed by atoms with Crippen LogP contribution in [0.4, 0.5) is 0 Å². The summed E-state index contributed by atoms with van der Waals surface area (Å²) in [7, 11) is 0. The zero-order chi connectivity index (χ0) is 27.2. The number of unbranched alkanes of at least 4 members (excludes halogenated alkanes) is 18. The van der Waals surface area contributed by atoms with Gasteiger partial charge in [0, 0.05) is 6.42 Å². The second-order valence-corrected chi connectivity index (χ2v) is 13.2. The molecule has 1 rings (SSSR count). The smallest absolute Gasteiger partial charge is 0.303 e. The molecule has 1 saturated carbocycles. The van der Waals surface area contributed by atoms with E-state index in [0.29, 0.717) is 6.42 Å². The van der Waals surface area contributed by atoms with E-state index in [1.807, 2.05) is 0 Å². The first-order valence-corrected chi connectivity index (χ1v) is 16.9. The summed E-state index contributed by atoms with van der Waals surface area (Å²) in [4.78, 5) is 10.4. The van der Waals surface area contributed by atoms with Gasteiger partial charge in [0.2, 0.25) is 0 Å². The molecule has 0 spiro atoms. The van der Waals surface area contributed by atoms with Gasteiger partial charge in [-0.05, 0) is 6.42 Å². The van der Waals surface area contributed by atoms with Gasteiger partial charge < -0.3 is 5.11 Å². The summed E-state index contributed by atoms with van der Waals surface area (Å²) in [5.74, 6) is -0.651. The van der Waals surface area contributed by atoms with Gasteiger partial charge in [0.15, 0.2) is 0 Å². The molecule has 0 aromatic rings. The molecule has 8 heteroatoms. The van der Waals surface area contributed by atoms with Crippen LogP contribution in [-0.2, 0) is 4.79 Å². The monoisotopic (exact) mass is 628 g/mol. The Labute approximate surface area is 251 Å². The minimum Gasteiger partial charge on any atom is -0.481 e. The SMILES string of the molecule is CCCCCCCCCCCCCCCCCCCCCC(=O)O.Cl[C@H]1[C@H](Cl)[C@@H](Cl)[C@@H](Cl)[C@H](Cl)[C@H]1Cl. The lowest BCUT2D eigenvalue weighted by Gasteiger charge is -2.37. The fraction of sp³-hybridized carbons (Fsp3) is 0.964. The molecular formula is C28H50Cl6O2. The number of hydrogen-bond acceptors (Lipinski definition) is 1. The van der Waals surface area contributed by atoms with E-state index in [0.717, 1.165) is 12.8 Å². The Hall–Kier alpha value is 1.21. The summed E-state index contributed by atoms with van der Waals surface area (Å²) in [6.45, 7) is 2.28. The maximum Gasteiger partial charge on any atom is 0.303 e. The molecule has 0 amide bonds. The molecule has 2 nitrogen and oxygen atoms in total. The lowest BCUT2D eigenvalue weighted by molar-refractivity contribution is -0.137. The Morgan fingerprint density at radius 2 is 0.639 bits per heavy atom. The van der Waals surface area contributed by atoms with E-state index < -0.39 is 38.2 Å². The molecule has 216 valence electrons. The van der Waals surface area contributed by atoms with E-state index in [1.54, 1.807) is 0 Å².